The maximum Gasteiger partial charge on any atom is 0.255 e. The normalized spacial score (nSPS) is 15.3. The number of piperidine rings is 1. The number of nitrogens with zero attached hydrogens (tertiary/aromatic N) is 3. The van der Waals surface area contributed by atoms with Crippen LogP contribution in [0.25, 0.3) is 0 Å². The van der Waals surface area contributed by atoms with Gasteiger partial charge in [0.1, 0.15) is 6.42 Å². The third kappa shape index (κ3) is 4.28. The minimum absolute atomic E-state index is 0.00932. The van der Waals surface area contributed by atoms with Crippen LogP contribution in [0.15, 0.2) is 24.5 Å². The lowest BCUT2D eigenvalue weighted by molar-refractivity contribution is -0.120. The molecule has 2 heterocycles. The number of nitriles is 1. The molecule has 1 aromatic heterocycles. The Balaban J connectivity index is 1.77. The van der Waals surface area contributed by atoms with E-state index < -0.39 is 0 Å². The predicted molar refractivity (Wildman–Crippen MR) is 76.1 cm³/mol. The second-order valence-corrected chi connectivity index (χ2v) is 5.12. The van der Waals surface area contributed by atoms with E-state index >= 15 is 0 Å². The summed E-state index contributed by atoms with van der Waals surface area (Å²) in [5, 5.41) is 11.2. The van der Waals surface area contributed by atoms with Gasteiger partial charge in [0.2, 0.25) is 5.91 Å². The molecule has 2 rings (SSSR count). The first-order valence-corrected chi connectivity index (χ1v) is 7.03. The molecule has 1 aliphatic heterocycles. The molecule has 0 aromatic carbocycles. The highest BCUT2D eigenvalue weighted by molar-refractivity contribution is 5.93. The van der Waals surface area contributed by atoms with Crippen molar-refractivity contribution in [2.45, 2.75) is 19.3 Å². The summed E-state index contributed by atoms with van der Waals surface area (Å²) in [6.07, 6.45) is 4.85. The molecule has 1 N–H and O–H groups in total. The molecule has 1 aliphatic rings. The molecule has 6 nitrogen and oxygen atoms in total. The van der Waals surface area contributed by atoms with Crippen LogP contribution in [0.3, 0.4) is 0 Å². The lowest BCUT2D eigenvalue weighted by atomic mass is 9.96. The molecule has 2 amide bonds. The highest BCUT2D eigenvalue weighted by Gasteiger charge is 2.23. The summed E-state index contributed by atoms with van der Waals surface area (Å²) < 4.78 is 0. The molecule has 6 heteroatoms. The number of rotatable bonds is 4. The topological polar surface area (TPSA) is 86.1 Å². The first kappa shape index (κ1) is 15.0. The van der Waals surface area contributed by atoms with E-state index in [4.69, 9.17) is 5.26 Å². The van der Waals surface area contributed by atoms with Crippen LogP contribution < -0.4 is 5.32 Å². The van der Waals surface area contributed by atoms with Gasteiger partial charge in [-0.2, -0.15) is 5.26 Å². The van der Waals surface area contributed by atoms with Crippen molar-refractivity contribution in [2.75, 3.05) is 19.6 Å². The van der Waals surface area contributed by atoms with E-state index in [-0.39, 0.29) is 18.2 Å². The van der Waals surface area contributed by atoms with E-state index in [2.05, 4.69) is 10.3 Å². The summed E-state index contributed by atoms with van der Waals surface area (Å²) >= 11 is 0. The van der Waals surface area contributed by atoms with Gasteiger partial charge in [-0.25, -0.2) is 0 Å². The largest absolute Gasteiger partial charge is 0.355 e. The van der Waals surface area contributed by atoms with Crippen LogP contribution in [0, 0.1) is 17.2 Å². The molecule has 110 valence electrons. The number of hydrogen-bond acceptors (Lipinski definition) is 4. The second kappa shape index (κ2) is 7.39. The average Bonchev–Trinajstić information content (AvgIpc) is 2.54. The van der Waals surface area contributed by atoms with Gasteiger partial charge in [0.15, 0.2) is 0 Å². The third-order valence-electron chi connectivity index (χ3n) is 3.64. The lowest BCUT2D eigenvalue weighted by Crippen LogP contribution is -2.41. The number of likely N-dealkylation sites (tertiary alicyclic amines) is 1. The number of pyridine rings is 1. The van der Waals surface area contributed by atoms with Gasteiger partial charge in [-0.1, -0.05) is 0 Å². The Morgan fingerprint density at radius 1 is 1.43 bits per heavy atom. The zero-order valence-corrected chi connectivity index (χ0v) is 11.8. The quantitative estimate of drug-likeness (QED) is 0.893. The van der Waals surface area contributed by atoms with Crippen LogP contribution in [0.5, 0.6) is 0 Å². The minimum Gasteiger partial charge on any atom is -0.355 e. The molecule has 1 saturated heterocycles. The zero-order chi connectivity index (χ0) is 15.1. The van der Waals surface area contributed by atoms with E-state index in [9.17, 15) is 9.59 Å². The predicted octanol–water partition coefficient (Wildman–Crippen LogP) is 0.964. The van der Waals surface area contributed by atoms with Crippen molar-refractivity contribution in [1.29, 1.82) is 5.26 Å². The maximum absolute atomic E-state index is 12.2. The van der Waals surface area contributed by atoms with Gasteiger partial charge in [0.25, 0.3) is 5.91 Å². The monoisotopic (exact) mass is 286 g/mol. The zero-order valence-electron chi connectivity index (χ0n) is 11.8. The van der Waals surface area contributed by atoms with Crippen molar-refractivity contribution in [1.82, 2.24) is 15.2 Å². The summed E-state index contributed by atoms with van der Waals surface area (Å²) in [5.74, 6) is 0.145. The standard InChI is InChI=1S/C15H18N4O2/c16-6-3-14(20)18-10-12-4-8-19(9-5-12)15(21)13-2-1-7-17-11-13/h1-2,7,11-12H,3-5,8-10H2,(H,18,20). The molecule has 0 bridgehead atoms. The number of carbonyl (C=O) groups excluding carboxylic acids is 2. The Morgan fingerprint density at radius 2 is 2.19 bits per heavy atom. The molecule has 1 aromatic rings. The number of nitrogens with one attached hydrogen (secondary N) is 1. The Kier molecular flexibility index (Phi) is 5.27. The molecule has 0 saturated carbocycles. The van der Waals surface area contributed by atoms with Gasteiger partial charge in [-0.05, 0) is 30.9 Å². The Bertz CT molecular complexity index is 530. The van der Waals surface area contributed by atoms with E-state index in [0.717, 1.165) is 12.8 Å². The van der Waals surface area contributed by atoms with Crippen LogP contribution >= 0.6 is 0 Å². The Hall–Kier alpha value is -2.42. The molecule has 0 aliphatic carbocycles. The van der Waals surface area contributed by atoms with Crippen molar-refractivity contribution in [3.05, 3.63) is 30.1 Å². The summed E-state index contributed by atoms with van der Waals surface area (Å²) in [6, 6.07) is 5.35. The van der Waals surface area contributed by atoms with Crippen molar-refractivity contribution >= 4 is 11.8 Å². The van der Waals surface area contributed by atoms with Crippen LogP contribution in [0.4, 0.5) is 0 Å². The first-order valence-electron chi connectivity index (χ1n) is 7.03. The average molecular weight is 286 g/mol. The van der Waals surface area contributed by atoms with Crippen LogP contribution in [0.2, 0.25) is 0 Å². The lowest BCUT2D eigenvalue weighted by Gasteiger charge is -2.32. The molecule has 0 radical (unpaired) electrons. The maximum atomic E-state index is 12.2. The Morgan fingerprint density at radius 3 is 2.81 bits per heavy atom. The van der Waals surface area contributed by atoms with Crippen molar-refractivity contribution in [3.63, 3.8) is 0 Å². The van der Waals surface area contributed by atoms with E-state index in [1.807, 2.05) is 11.0 Å². The molecular formula is C15H18N4O2. The number of hydrogen-bond donors (Lipinski definition) is 1. The fraction of sp³-hybridized carbons (Fsp3) is 0.467. The summed E-state index contributed by atoms with van der Waals surface area (Å²) in [4.78, 5) is 29.3. The summed E-state index contributed by atoms with van der Waals surface area (Å²) in [7, 11) is 0. The molecule has 0 spiro atoms. The van der Waals surface area contributed by atoms with Crippen LogP contribution in [0.1, 0.15) is 29.6 Å². The molecule has 21 heavy (non-hydrogen) atoms. The van der Waals surface area contributed by atoms with E-state index in [1.165, 1.54) is 0 Å². The van der Waals surface area contributed by atoms with E-state index in [1.54, 1.807) is 24.5 Å². The van der Waals surface area contributed by atoms with Gasteiger partial charge in [-0.15, -0.1) is 0 Å². The smallest absolute Gasteiger partial charge is 0.255 e. The van der Waals surface area contributed by atoms with Gasteiger partial charge in [-0.3, -0.25) is 14.6 Å². The number of carbonyl (C=O) groups is 2. The molecular weight excluding hydrogens is 268 g/mol. The minimum atomic E-state index is -0.230. The van der Waals surface area contributed by atoms with Crippen LogP contribution in [-0.2, 0) is 4.79 Å². The van der Waals surface area contributed by atoms with Crippen LogP contribution in [-0.4, -0.2) is 41.3 Å². The SMILES string of the molecule is N#CCC(=O)NCC1CCN(C(=O)c2cccnc2)CC1. The highest BCUT2D eigenvalue weighted by Crippen LogP contribution is 2.18. The fourth-order valence-corrected chi connectivity index (χ4v) is 2.40. The third-order valence-corrected chi connectivity index (χ3v) is 3.64. The number of amides is 2. The first-order chi connectivity index (χ1) is 10.2. The van der Waals surface area contributed by atoms with Gasteiger partial charge < -0.3 is 10.2 Å². The summed E-state index contributed by atoms with van der Waals surface area (Å²) in [6.45, 7) is 1.95. The highest BCUT2D eigenvalue weighted by atomic mass is 16.2. The van der Waals surface area contributed by atoms with Gasteiger partial charge >= 0.3 is 0 Å². The fourth-order valence-electron chi connectivity index (χ4n) is 2.40. The second-order valence-electron chi connectivity index (χ2n) is 5.12. The van der Waals surface area contributed by atoms with Crippen molar-refractivity contribution < 1.29 is 9.59 Å². The van der Waals surface area contributed by atoms with Gasteiger partial charge in [0.05, 0.1) is 11.6 Å². The molecule has 0 unspecified atom stereocenters. The number of aromatic nitrogens is 1. The van der Waals surface area contributed by atoms with Crippen molar-refractivity contribution in [3.8, 4) is 6.07 Å². The Labute approximate surface area is 123 Å². The van der Waals surface area contributed by atoms with Crippen molar-refractivity contribution in [2.24, 2.45) is 5.92 Å². The molecule has 1 fully saturated rings. The summed E-state index contributed by atoms with van der Waals surface area (Å²) in [5.41, 5.74) is 0.610. The van der Waals surface area contributed by atoms with E-state index in [0.29, 0.717) is 31.1 Å². The van der Waals surface area contributed by atoms with Gasteiger partial charge in [0, 0.05) is 32.0 Å². The molecule has 0 atom stereocenters.